The van der Waals surface area contributed by atoms with Crippen LogP contribution in [0.5, 0.6) is 0 Å². The van der Waals surface area contributed by atoms with Crippen molar-refractivity contribution in [3.8, 4) is 0 Å². The maximum absolute atomic E-state index is 13.5. The Morgan fingerprint density at radius 3 is 2.29 bits per heavy atom. The van der Waals surface area contributed by atoms with E-state index in [4.69, 9.17) is 0 Å². The zero-order valence-corrected chi connectivity index (χ0v) is 9.32. The Balaban J connectivity index is 2.48. The molecule has 0 fully saturated rings. The lowest BCUT2D eigenvalue weighted by Gasteiger charge is -2.14. The van der Waals surface area contributed by atoms with Crippen LogP contribution in [0.25, 0.3) is 0 Å². The van der Waals surface area contributed by atoms with Crippen molar-refractivity contribution in [3.05, 3.63) is 70.8 Å². The van der Waals surface area contributed by atoms with E-state index in [1.807, 2.05) is 19.1 Å². The summed E-state index contributed by atoms with van der Waals surface area (Å²) >= 11 is 0. The summed E-state index contributed by atoms with van der Waals surface area (Å²) in [5.74, 6) is -1.95. The van der Waals surface area contributed by atoms with Crippen LogP contribution in [-0.4, -0.2) is 5.11 Å². The number of aliphatic hydroxyl groups excluding tert-OH is 1. The molecule has 0 spiro atoms. The summed E-state index contributed by atoms with van der Waals surface area (Å²) in [5.41, 5.74) is 1.37. The number of hydrogen-bond donors (Lipinski definition) is 1. The third kappa shape index (κ3) is 2.19. The van der Waals surface area contributed by atoms with E-state index in [1.54, 1.807) is 12.1 Å². The molecule has 17 heavy (non-hydrogen) atoms. The quantitative estimate of drug-likeness (QED) is 0.844. The van der Waals surface area contributed by atoms with Crippen LogP contribution < -0.4 is 0 Å². The molecular weight excluding hydrogens is 222 g/mol. The maximum Gasteiger partial charge on any atom is 0.164 e. The standard InChI is InChI=1S/C14H12F2O/c1-9-5-2-3-6-10(9)14(17)11-7-4-8-12(15)13(11)16/h2-8,14,17H,1H3. The molecule has 88 valence electrons. The second kappa shape index (κ2) is 4.63. The third-order valence-corrected chi connectivity index (χ3v) is 2.76. The summed E-state index contributed by atoms with van der Waals surface area (Å²) < 4.78 is 26.6. The molecule has 2 rings (SSSR count). The molecule has 1 N–H and O–H groups in total. The molecular formula is C14H12F2O. The fourth-order valence-corrected chi connectivity index (χ4v) is 1.79. The van der Waals surface area contributed by atoms with Crippen LogP contribution in [0, 0.1) is 18.6 Å². The number of aryl methyl sites for hydroxylation is 1. The molecule has 0 aliphatic heterocycles. The van der Waals surface area contributed by atoms with Crippen LogP contribution in [0.2, 0.25) is 0 Å². The third-order valence-electron chi connectivity index (χ3n) is 2.76. The zero-order valence-electron chi connectivity index (χ0n) is 9.32. The van der Waals surface area contributed by atoms with Crippen LogP contribution in [0.3, 0.4) is 0 Å². The first kappa shape index (κ1) is 11.7. The molecule has 2 aromatic rings. The number of halogens is 2. The number of hydrogen-bond acceptors (Lipinski definition) is 1. The number of aliphatic hydroxyl groups is 1. The van der Waals surface area contributed by atoms with Crippen molar-refractivity contribution in [1.82, 2.24) is 0 Å². The molecule has 0 radical (unpaired) electrons. The summed E-state index contributed by atoms with van der Waals surface area (Å²) in [4.78, 5) is 0. The van der Waals surface area contributed by atoms with E-state index in [0.717, 1.165) is 11.6 Å². The van der Waals surface area contributed by atoms with E-state index >= 15 is 0 Å². The SMILES string of the molecule is Cc1ccccc1C(O)c1cccc(F)c1F. The molecule has 1 nitrogen and oxygen atoms in total. The average molecular weight is 234 g/mol. The molecule has 3 heteroatoms. The van der Waals surface area contributed by atoms with Gasteiger partial charge in [-0.05, 0) is 24.1 Å². The minimum Gasteiger partial charge on any atom is -0.384 e. The van der Waals surface area contributed by atoms with Crippen LogP contribution in [-0.2, 0) is 0 Å². The Hall–Kier alpha value is -1.74. The number of rotatable bonds is 2. The molecule has 0 amide bonds. The van der Waals surface area contributed by atoms with Gasteiger partial charge in [-0.2, -0.15) is 0 Å². The van der Waals surface area contributed by atoms with Crippen molar-refractivity contribution in [1.29, 1.82) is 0 Å². The van der Waals surface area contributed by atoms with Gasteiger partial charge in [0.2, 0.25) is 0 Å². The summed E-state index contributed by atoms with van der Waals surface area (Å²) in [5, 5.41) is 10.1. The largest absolute Gasteiger partial charge is 0.384 e. The molecule has 0 aromatic heterocycles. The van der Waals surface area contributed by atoms with E-state index in [1.165, 1.54) is 12.1 Å². The van der Waals surface area contributed by atoms with Crippen LogP contribution in [0.4, 0.5) is 8.78 Å². The molecule has 0 aliphatic carbocycles. The second-order valence-electron chi connectivity index (χ2n) is 3.90. The minimum absolute atomic E-state index is 0.0423. The van der Waals surface area contributed by atoms with Gasteiger partial charge >= 0.3 is 0 Å². The smallest absolute Gasteiger partial charge is 0.164 e. The Kier molecular flexibility index (Phi) is 3.20. The summed E-state index contributed by atoms with van der Waals surface area (Å²) in [6, 6.07) is 10.9. The van der Waals surface area contributed by atoms with E-state index in [9.17, 15) is 13.9 Å². The molecule has 2 aromatic carbocycles. The molecule has 0 aliphatic rings. The first-order chi connectivity index (χ1) is 8.11. The van der Waals surface area contributed by atoms with Gasteiger partial charge in [0.25, 0.3) is 0 Å². The fraction of sp³-hybridized carbons (Fsp3) is 0.143. The molecule has 0 saturated carbocycles. The Labute approximate surface area is 98.3 Å². The first-order valence-corrected chi connectivity index (χ1v) is 5.28. The van der Waals surface area contributed by atoms with Crippen molar-refractivity contribution in [2.45, 2.75) is 13.0 Å². The Bertz CT molecular complexity index is 537. The molecule has 0 heterocycles. The monoisotopic (exact) mass is 234 g/mol. The van der Waals surface area contributed by atoms with Gasteiger partial charge in [-0.25, -0.2) is 8.78 Å². The zero-order chi connectivity index (χ0) is 12.4. The lowest BCUT2D eigenvalue weighted by molar-refractivity contribution is 0.212. The highest BCUT2D eigenvalue weighted by molar-refractivity contribution is 5.35. The van der Waals surface area contributed by atoms with Gasteiger partial charge in [0, 0.05) is 5.56 Å². The van der Waals surface area contributed by atoms with Crippen molar-refractivity contribution in [2.24, 2.45) is 0 Å². The summed E-state index contributed by atoms with van der Waals surface area (Å²) in [6.07, 6.45) is -1.15. The van der Waals surface area contributed by atoms with E-state index < -0.39 is 17.7 Å². The minimum atomic E-state index is -1.15. The predicted molar refractivity (Wildman–Crippen MR) is 61.6 cm³/mol. The van der Waals surface area contributed by atoms with E-state index in [-0.39, 0.29) is 5.56 Å². The molecule has 1 unspecified atom stereocenters. The van der Waals surface area contributed by atoms with Crippen molar-refractivity contribution < 1.29 is 13.9 Å². The van der Waals surface area contributed by atoms with Gasteiger partial charge in [0.15, 0.2) is 11.6 Å². The van der Waals surface area contributed by atoms with Crippen LogP contribution in [0.1, 0.15) is 22.8 Å². The lowest BCUT2D eigenvalue weighted by Crippen LogP contribution is -2.05. The normalized spacial score (nSPS) is 12.5. The van der Waals surface area contributed by atoms with E-state index in [0.29, 0.717) is 5.56 Å². The van der Waals surface area contributed by atoms with Crippen LogP contribution >= 0.6 is 0 Å². The highest BCUT2D eigenvalue weighted by Crippen LogP contribution is 2.27. The topological polar surface area (TPSA) is 20.2 Å². The van der Waals surface area contributed by atoms with Gasteiger partial charge in [0.1, 0.15) is 6.10 Å². The Morgan fingerprint density at radius 2 is 1.59 bits per heavy atom. The predicted octanol–water partition coefficient (Wildman–Crippen LogP) is 3.35. The lowest BCUT2D eigenvalue weighted by atomic mass is 9.97. The van der Waals surface area contributed by atoms with Gasteiger partial charge in [0.05, 0.1) is 0 Å². The van der Waals surface area contributed by atoms with Crippen molar-refractivity contribution >= 4 is 0 Å². The second-order valence-corrected chi connectivity index (χ2v) is 3.90. The molecule has 1 atom stereocenters. The van der Waals surface area contributed by atoms with Crippen molar-refractivity contribution in [2.75, 3.05) is 0 Å². The maximum atomic E-state index is 13.5. The van der Waals surface area contributed by atoms with Gasteiger partial charge in [-0.15, -0.1) is 0 Å². The summed E-state index contributed by atoms with van der Waals surface area (Å²) in [7, 11) is 0. The van der Waals surface area contributed by atoms with Gasteiger partial charge < -0.3 is 5.11 Å². The van der Waals surface area contributed by atoms with Crippen molar-refractivity contribution in [3.63, 3.8) is 0 Å². The molecule has 0 bridgehead atoms. The average Bonchev–Trinajstić information content (AvgIpc) is 2.32. The van der Waals surface area contributed by atoms with Gasteiger partial charge in [-0.1, -0.05) is 36.4 Å². The van der Waals surface area contributed by atoms with Crippen LogP contribution in [0.15, 0.2) is 42.5 Å². The Morgan fingerprint density at radius 1 is 0.941 bits per heavy atom. The molecule has 0 saturated heterocycles. The van der Waals surface area contributed by atoms with Gasteiger partial charge in [-0.3, -0.25) is 0 Å². The number of benzene rings is 2. The fourth-order valence-electron chi connectivity index (χ4n) is 1.79. The van der Waals surface area contributed by atoms with E-state index in [2.05, 4.69) is 0 Å². The highest BCUT2D eigenvalue weighted by atomic mass is 19.2. The first-order valence-electron chi connectivity index (χ1n) is 5.28. The summed E-state index contributed by atoms with van der Waals surface area (Å²) in [6.45, 7) is 1.82. The highest BCUT2D eigenvalue weighted by Gasteiger charge is 2.18.